The van der Waals surface area contributed by atoms with Crippen molar-refractivity contribution in [3.63, 3.8) is 0 Å². The summed E-state index contributed by atoms with van der Waals surface area (Å²) in [6, 6.07) is 0. The number of carboxylic acids is 1. The summed E-state index contributed by atoms with van der Waals surface area (Å²) in [7, 11) is 1.18. The summed E-state index contributed by atoms with van der Waals surface area (Å²) in [6.07, 6.45) is 0. The van der Waals surface area contributed by atoms with Crippen molar-refractivity contribution in [3.8, 4) is 0 Å². The zero-order valence-corrected chi connectivity index (χ0v) is 5.90. The summed E-state index contributed by atoms with van der Waals surface area (Å²) in [4.78, 5) is 31.4. The molecular weight excluding hydrogens is 152 g/mol. The van der Waals surface area contributed by atoms with Crippen molar-refractivity contribution in [3.05, 3.63) is 0 Å². The van der Waals surface area contributed by atoms with Gasteiger partial charge in [-0.25, -0.2) is 4.79 Å². The highest BCUT2D eigenvalue weighted by molar-refractivity contribution is 6.31. The van der Waals surface area contributed by atoms with E-state index in [1.807, 2.05) is 0 Å². The summed E-state index contributed by atoms with van der Waals surface area (Å²) < 4.78 is 0. The molecule has 0 saturated carbocycles. The number of hydrogen-bond acceptors (Lipinski definition) is 3. The van der Waals surface area contributed by atoms with Gasteiger partial charge in [0.15, 0.2) is 0 Å². The number of primary amides is 1. The molecule has 11 heavy (non-hydrogen) atoms. The lowest BCUT2D eigenvalue weighted by Gasteiger charge is -2.10. The molecule has 0 radical (unpaired) electrons. The van der Waals surface area contributed by atoms with Gasteiger partial charge in [0.25, 0.3) is 0 Å². The maximum atomic E-state index is 10.5. The van der Waals surface area contributed by atoms with E-state index in [2.05, 4.69) is 0 Å². The fourth-order valence-electron chi connectivity index (χ4n) is 0.469. The SMILES string of the molecule is CN(CC(N)=O)C(=O)C(=O)O. The molecule has 0 bridgehead atoms. The second kappa shape index (κ2) is 3.55. The third kappa shape index (κ3) is 3.19. The van der Waals surface area contributed by atoms with Crippen LogP contribution in [-0.2, 0) is 14.4 Å². The van der Waals surface area contributed by atoms with Gasteiger partial charge in [0.1, 0.15) is 0 Å². The topological polar surface area (TPSA) is 101 Å². The number of carboxylic acid groups (broad SMARTS) is 1. The number of amides is 2. The van der Waals surface area contributed by atoms with Gasteiger partial charge in [-0.15, -0.1) is 0 Å². The standard InChI is InChI=1S/C5H8N2O4/c1-7(2-3(6)8)4(9)5(10)11/h2H2,1H3,(H2,6,8)(H,10,11). The zero-order valence-electron chi connectivity index (χ0n) is 5.90. The number of nitrogens with zero attached hydrogens (tertiary/aromatic N) is 1. The van der Waals surface area contributed by atoms with Crippen LogP contribution in [0, 0.1) is 0 Å². The number of nitrogens with two attached hydrogens (primary N) is 1. The number of aliphatic carboxylic acids is 1. The van der Waals surface area contributed by atoms with Crippen molar-refractivity contribution >= 4 is 17.8 Å². The number of carbonyl (C=O) groups excluding carboxylic acids is 2. The lowest BCUT2D eigenvalue weighted by molar-refractivity contribution is -0.155. The third-order valence-corrected chi connectivity index (χ3v) is 0.923. The minimum Gasteiger partial charge on any atom is -0.474 e. The molecular formula is C5H8N2O4. The molecule has 6 nitrogen and oxygen atoms in total. The van der Waals surface area contributed by atoms with Crippen LogP contribution < -0.4 is 5.73 Å². The Kier molecular flexibility index (Phi) is 3.03. The van der Waals surface area contributed by atoms with Crippen LogP contribution in [0.3, 0.4) is 0 Å². The summed E-state index contributed by atoms with van der Waals surface area (Å²) in [5, 5.41) is 8.12. The Morgan fingerprint density at radius 3 is 2.18 bits per heavy atom. The van der Waals surface area contributed by atoms with Crippen LogP contribution in [0.4, 0.5) is 0 Å². The summed E-state index contributed by atoms with van der Waals surface area (Å²) in [6.45, 7) is -0.384. The third-order valence-electron chi connectivity index (χ3n) is 0.923. The zero-order chi connectivity index (χ0) is 9.02. The van der Waals surface area contributed by atoms with E-state index in [0.717, 1.165) is 4.90 Å². The van der Waals surface area contributed by atoms with E-state index in [9.17, 15) is 14.4 Å². The van der Waals surface area contributed by atoms with Crippen molar-refractivity contribution < 1.29 is 19.5 Å². The number of hydrogen-bond donors (Lipinski definition) is 2. The molecule has 0 fully saturated rings. The highest BCUT2D eigenvalue weighted by Crippen LogP contribution is 1.82. The molecule has 0 saturated heterocycles. The minimum atomic E-state index is -1.60. The molecule has 0 spiro atoms. The van der Waals surface area contributed by atoms with Gasteiger partial charge in [0.2, 0.25) is 5.91 Å². The summed E-state index contributed by atoms with van der Waals surface area (Å²) in [5.74, 6) is -3.50. The Balaban J connectivity index is 4.03. The average molecular weight is 160 g/mol. The molecule has 2 amide bonds. The first-order valence-electron chi connectivity index (χ1n) is 2.72. The maximum absolute atomic E-state index is 10.5. The second-order valence-electron chi connectivity index (χ2n) is 1.93. The predicted molar refractivity (Wildman–Crippen MR) is 34.5 cm³/mol. The minimum absolute atomic E-state index is 0.384. The Morgan fingerprint density at radius 1 is 1.45 bits per heavy atom. The van der Waals surface area contributed by atoms with E-state index in [1.165, 1.54) is 7.05 Å². The fraction of sp³-hybridized carbons (Fsp3) is 0.400. The Bertz CT molecular complexity index is 201. The molecule has 0 atom stereocenters. The van der Waals surface area contributed by atoms with Crippen LogP contribution in [0.15, 0.2) is 0 Å². The van der Waals surface area contributed by atoms with E-state index in [4.69, 9.17) is 10.8 Å². The molecule has 0 rings (SSSR count). The van der Waals surface area contributed by atoms with E-state index >= 15 is 0 Å². The molecule has 0 aromatic carbocycles. The van der Waals surface area contributed by atoms with E-state index in [0.29, 0.717) is 0 Å². The van der Waals surface area contributed by atoms with Crippen LogP contribution >= 0.6 is 0 Å². The maximum Gasteiger partial charge on any atom is 0.394 e. The lowest BCUT2D eigenvalue weighted by atomic mass is 10.5. The van der Waals surface area contributed by atoms with Gasteiger partial charge in [-0.2, -0.15) is 0 Å². The highest BCUT2D eigenvalue weighted by Gasteiger charge is 2.17. The first-order valence-corrected chi connectivity index (χ1v) is 2.72. The first-order chi connectivity index (χ1) is 4.95. The molecule has 0 unspecified atom stereocenters. The van der Waals surface area contributed by atoms with Crippen LogP contribution in [0.5, 0.6) is 0 Å². The molecule has 62 valence electrons. The van der Waals surface area contributed by atoms with Crippen molar-refractivity contribution in [2.24, 2.45) is 5.73 Å². The van der Waals surface area contributed by atoms with Crippen molar-refractivity contribution in [2.45, 2.75) is 0 Å². The van der Waals surface area contributed by atoms with Crippen molar-refractivity contribution in [2.75, 3.05) is 13.6 Å². The Hall–Kier alpha value is -1.59. The second-order valence-corrected chi connectivity index (χ2v) is 1.93. The Morgan fingerprint density at radius 2 is 1.91 bits per heavy atom. The molecule has 0 aliphatic heterocycles. The summed E-state index contributed by atoms with van der Waals surface area (Å²) >= 11 is 0. The summed E-state index contributed by atoms with van der Waals surface area (Å²) in [5.41, 5.74) is 4.71. The molecule has 0 aliphatic carbocycles. The molecule has 0 heterocycles. The number of carbonyl (C=O) groups is 3. The molecule has 6 heteroatoms. The van der Waals surface area contributed by atoms with E-state index in [1.54, 1.807) is 0 Å². The van der Waals surface area contributed by atoms with Gasteiger partial charge < -0.3 is 15.7 Å². The molecule has 0 aromatic rings. The van der Waals surface area contributed by atoms with Gasteiger partial charge in [-0.3, -0.25) is 9.59 Å². The fourth-order valence-corrected chi connectivity index (χ4v) is 0.469. The van der Waals surface area contributed by atoms with Crippen molar-refractivity contribution in [1.29, 1.82) is 0 Å². The van der Waals surface area contributed by atoms with Crippen LogP contribution in [-0.4, -0.2) is 41.4 Å². The van der Waals surface area contributed by atoms with Crippen LogP contribution in [0.1, 0.15) is 0 Å². The van der Waals surface area contributed by atoms with E-state index < -0.39 is 17.8 Å². The number of rotatable bonds is 2. The van der Waals surface area contributed by atoms with Gasteiger partial charge >= 0.3 is 11.9 Å². The lowest BCUT2D eigenvalue weighted by Crippen LogP contribution is -2.39. The van der Waals surface area contributed by atoms with Crippen molar-refractivity contribution in [1.82, 2.24) is 4.90 Å². The molecule has 3 N–H and O–H groups in total. The van der Waals surface area contributed by atoms with Gasteiger partial charge in [-0.05, 0) is 0 Å². The highest BCUT2D eigenvalue weighted by atomic mass is 16.4. The van der Waals surface area contributed by atoms with Gasteiger partial charge in [-0.1, -0.05) is 0 Å². The van der Waals surface area contributed by atoms with E-state index in [-0.39, 0.29) is 6.54 Å². The number of likely N-dealkylation sites (N-methyl/N-ethyl adjacent to an activating group) is 1. The average Bonchev–Trinajstić information content (AvgIpc) is 1.84. The first kappa shape index (κ1) is 9.41. The normalized spacial score (nSPS) is 8.82. The van der Waals surface area contributed by atoms with Crippen LogP contribution in [0.2, 0.25) is 0 Å². The largest absolute Gasteiger partial charge is 0.474 e. The predicted octanol–water partition coefficient (Wildman–Crippen LogP) is -1.99. The van der Waals surface area contributed by atoms with Crippen LogP contribution in [0.25, 0.3) is 0 Å². The smallest absolute Gasteiger partial charge is 0.394 e. The Labute approximate surface area is 62.6 Å². The molecule has 0 aromatic heterocycles. The molecule has 0 aliphatic rings. The quantitative estimate of drug-likeness (QED) is 0.457. The monoisotopic (exact) mass is 160 g/mol. The van der Waals surface area contributed by atoms with Gasteiger partial charge in [0, 0.05) is 7.05 Å². The van der Waals surface area contributed by atoms with Gasteiger partial charge in [0.05, 0.1) is 6.54 Å².